The van der Waals surface area contributed by atoms with Crippen molar-refractivity contribution in [2.75, 3.05) is 11.1 Å². The average molecular weight is 324 g/mol. The number of rotatable bonds is 5. The van der Waals surface area contributed by atoms with Gasteiger partial charge in [0.1, 0.15) is 0 Å². The number of para-hydroxylation sites is 1. The molecule has 6 heteroatoms. The molecule has 0 aliphatic rings. The molecule has 1 amide bonds. The summed E-state index contributed by atoms with van der Waals surface area (Å²) in [5, 5.41) is 3.63. The van der Waals surface area contributed by atoms with E-state index in [0.717, 1.165) is 22.1 Å². The largest absolute Gasteiger partial charge is 0.325 e. The monoisotopic (exact) mass is 324 g/mol. The first-order valence-corrected chi connectivity index (χ1v) is 8.14. The van der Waals surface area contributed by atoms with Crippen molar-refractivity contribution in [1.29, 1.82) is 0 Å². The van der Waals surface area contributed by atoms with Crippen LogP contribution >= 0.6 is 11.8 Å². The summed E-state index contributed by atoms with van der Waals surface area (Å²) in [4.78, 5) is 20.3. The molecule has 0 unspecified atom stereocenters. The summed E-state index contributed by atoms with van der Waals surface area (Å²) in [5.41, 5.74) is 2.98. The van der Waals surface area contributed by atoms with Crippen LogP contribution in [0.1, 0.15) is 5.56 Å². The summed E-state index contributed by atoms with van der Waals surface area (Å²) in [6.45, 7) is 2.06. The van der Waals surface area contributed by atoms with Gasteiger partial charge >= 0.3 is 0 Å². The number of carbonyl (C=O) groups is 1. The predicted octanol–water partition coefficient (Wildman–Crippen LogP) is 3.31. The zero-order valence-corrected chi connectivity index (χ0v) is 13.5. The minimum absolute atomic E-state index is 0.0690. The van der Waals surface area contributed by atoms with Gasteiger partial charge in [0, 0.05) is 30.5 Å². The van der Waals surface area contributed by atoms with Gasteiger partial charge < -0.3 is 5.32 Å². The second-order valence-corrected chi connectivity index (χ2v) is 5.88. The Hall–Kier alpha value is -2.60. The van der Waals surface area contributed by atoms with E-state index in [9.17, 15) is 4.79 Å². The Morgan fingerprint density at radius 1 is 1.17 bits per heavy atom. The van der Waals surface area contributed by atoms with Crippen LogP contribution in [0.15, 0.2) is 66.3 Å². The zero-order chi connectivity index (χ0) is 16.1. The Balaban J connectivity index is 1.67. The first-order valence-electron chi connectivity index (χ1n) is 7.16. The highest BCUT2D eigenvalue weighted by Crippen LogP contribution is 2.22. The number of aryl methyl sites for hydroxylation is 1. The maximum absolute atomic E-state index is 12.0. The Morgan fingerprint density at radius 3 is 2.74 bits per heavy atom. The Bertz CT molecular complexity index is 801. The van der Waals surface area contributed by atoms with Crippen molar-refractivity contribution in [2.24, 2.45) is 0 Å². The van der Waals surface area contributed by atoms with E-state index in [1.165, 1.54) is 11.8 Å². The highest BCUT2D eigenvalue weighted by Gasteiger charge is 2.10. The van der Waals surface area contributed by atoms with Crippen molar-refractivity contribution in [3.63, 3.8) is 0 Å². The van der Waals surface area contributed by atoms with E-state index < -0.39 is 0 Å². The zero-order valence-electron chi connectivity index (χ0n) is 12.6. The van der Waals surface area contributed by atoms with Gasteiger partial charge in [0.05, 0.1) is 11.4 Å². The van der Waals surface area contributed by atoms with Crippen molar-refractivity contribution < 1.29 is 4.79 Å². The normalized spacial score (nSPS) is 10.5. The van der Waals surface area contributed by atoms with Gasteiger partial charge in [-0.3, -0.25) is 14.3 Å². The molecule has 0 spiro atoms. The molecular weight excluding hydrogens is 308 g/mol. The van der Waals surface area contributed by atoms with Gasteiger partial charge in [-0.05, 0) is 30.7 Å². The molecule has 23 heavy (non-hydrogen) atoms. The fourth-order valence-corrected chi connectivity index (χ4v) is 2.94. The van der Waals surface area contributed by atoms with Crippen LogP contribution in [-0.4, -0.2) is 26.2 Å². The second-order valence-electron chi connectivity index (χ2n) is 4.94. The average Bonchev–Trinajstić information content (AvgIpc) is 3.03. The van der Waals surface area contributed by atoms with Crippen LogP contribution in [-0.2, 0) is 4.79 Å². The quantitative estimate of drug-likeness (QED) is 0.732. The highest BCUT2D eigenvalue weighted by atomic mass is 32.2. The molecule has 0 aliphatic heterocycles. The summed E-state index contributed by atoms with van der Waals surface area (Å²) in [7, 11) is 0. The first-order chi connectivity index (χ1) is 11.2. The van der Waals surface area contributed by atoms with Crippen molar-refractivity contribution in [3.05, 3.63) is 66.7 Å². The minimum Gasteiger partial charge on any atom is -0.325 e. The van der Waals surface area contributed by atoms with E-state index in [0.29, 0.717) is 5.75 Å². The molecule has 0 aliphatic carbocycles. The molecule has 2 aromatic heterocycles. The van der Waals surface area contributed by atoms with Gasteiger partial charge in [-0.25, -0.2) is 4.98 Å². The maximum Gasteiger partial charge on any atom is 0.234 e. The summed E-state index contributed by atoms with van der Waals surface area (Å²) in [6.07, 6.45) is 6.95. The minimum atomic E-state index is -0.0690. The topological polar surface area (TPSA) is 59.8 Å². The van der Waals surface area contributed by atoms with E-state index in [-0.39, 0.29) is 5.91 Å². The van der Waals surface area contributed by atoms with Crippen LogP contribution in [0.25, 0.3) is 5.69 Å². The molecule has 0 radical (unpaired) electrons. The lowest BCUT2D eigenvalue weighted by Gasteiger charge is -2.10. The Kier molecular flexibility index (Phi) is 4.73. The summed E-state index contributed by atoms with van der Waals surface area (Å²) >= 11 is 1.41. The molecular formula is C17H16N4OS. The predicted molar refractivity (Wildman–Crippen MR) is 91.9 cm³/mol. The molecule has 5 nitrogen and oxygen atoms in total. The molecule has 3 aromatic rings. The first kappa shape index (κ1) is 15.3. The van der Waals surface area contributed by atoms with Crippen LogP contribution in [0.3, 0.4) is 0 Å². The number of thioether (sulfide) groups is 1. The number of anilines is 1. The number of nitrogens with zero attached hydrogens (tertiary/aromatic N) is 3. The van der Waals surface area contributed by atoms with Crippen molar-refractivity contribution >= 4 is 23.4 Å². The molecule has 2 heterocycles. The molecule has 0 saturated carbocycles. The van der Waals surface area contributed by atoms with Crippen LogP contribution in [0.5, 0.6) is 0 Å². The lowest BCUT2D eigenvalue weighted by Crippen LogP contribution is -2.14. The molecule has 0 fully saturated rings. The van der Waals surface area contributed by atoms with Crippen LogP contribution in [0.4, 0.5) is 5.69 Å². The molecule has 3 rings (SSSR count). The number of hydrogen-bond acceptors (Lipinski definition) is 4. The number of pyridine rings is 1. The third-order valence-corrected chi connectivity index (χ3v) is 4.25. The summed E-state index contributed by atoms with van der Waals surface area (Å²) < 4.78 is 2.00. The van der Waals surface area contributed by atoms with Gasteiger partial charge in [-0.1, -0.05) is 30.0 Å². The van der Waals surface area contributed by atoms with E-state index in [1.807, 2.05) is 29.0 Å². The van der Waals surface area contributed by atoms with Gasteiger partial charge in [0.15, 0.2) is 5.16 Å². The third-order valence-electron chi connectivity index (χ3n) is 3.28. The number of amides is 1. The van der Waals surface area contributed by atoms with E-state index in [4.69, 9.17) is 0 Å². The molecule has 0 atom stereocenters. The van der Waals surface area contributed by atoms with E-state index >= 15 is 0 Å². The standard InChI is InChI=1S/C17H16N4OS/c1-13-4-2-3-5-15(13)21-11-10-19-17(21)23-12-16(22)20-14-6-8-18-9-7-14/h2-11H,12H2,1H3,(H,18,20,22). The van der Waals surface area contributed by atoms with Crippen molar-refractivity contribution in [3.8, 4) is 5.69 Å². The fourth-order valence-electron chi connectivity index (χ4n) is 2.18. The summed E-state index contributed by atoms with van der Waals surface area (Å²) in [5.74, 6) is 0.228. The van der Waals surface area contributed by atoms with E-state index in [1.54, 1.807) is 30.7 Å². The lowest BCUT2D eigenvalue weighted by molar-refractivity contribution is -0.113. The van der Waals surface area contributed by atoms with Crippen LogP contribution < -0.4 is 5.32 Å². The molecule has 1 aromatic carbocycles. The summed E-state index contributed by atoms with van der Waals surface area (Å²) in [6, 6.07) is 11.6. The van der Waals surface area contributed by atoms with Crippen molar-refractivity contribution in [2.45, 2.75) is 12.1 Å². The lowest BCUT2D eigenvalue weighted by atomic mass is 10.2. The van der Waals surface area contributed by atoms with Crippen LogP contribution in [0, 0.1) is 6.92 Å². The SMILES string of the molecule is Cc1ccccc1-n1ccnc1SCC(=O)Nc1ccncc1. The van der Waals surface area contributed by atoms with Gasteiger partial charge in [0.25, 0.3) is 0 Å². The number of nitrogens with one attached hydrogen (secondary N) is 1. The third kappa shape index (κ3) is 3.78. The smallest absolute Gasteiger partial charge is 0.234 e. The molecule has 116 valence electrons. The fraction of sp³-hybridized carbons (Fsp3) is 0.118. The Morgan fingerprint density at radius 2 is 1.96 bits per heavy atom. The van der Waals surface area contributed by atoms with E-state index in [2.05, 4.69) is 28.3 Å². The molecule has 0 bridgehead atoms. The molecule has 1 N–H and O–H groups in total. The number of hydrogen-bond donors (Lipinski definition) is 1. The number of aromatic nitrogens is 3. The molecule has 0 saturated heterocycles. The highest BCUT2D eigenvalue weighted by molar-refractivity contribution is 7.99. The van der Waals surface area contributed by atoms with Crippen LogP contribution in [0.2, 0.25) is 0 Å². The number of benzene rings is 1. The second kappa shape index (κ2) is 7.11. The number of carbonyl (C=O) groups excluding carboxylic acids is 1. The number of imidazole rings is 1. The van der Waals surface area contributed by atoms with Crippen molar-refractivity contribution in [1.82, 2.24) is 14.5 Å². The van der Waals surface area contributed by atoms with Gasteiger partial charge in [-0.15, -0.1) is 0 Å². The Labute approximate surface area is 138 Å². The van der Waals surface area contributed by atoms with Gasteiger partial charge in [0.2, 0.25) is 5.91 Å². The maximum atomic E-state index is 12.0. The van der Waals surface area contributed by atoms with Gasteiger partial charge in [-0.2, -0.15) is 0 Å².